The maximum Gasteiger partial charge on any atom is 0.212 e. The molecule has 1 aliphatic rings. The third-order valence-electron chi connectivity index (χ3n) is 3.03. The molecule has 0 aliphatic carbocycles. The molecule has 0 atom stereocenters. The van der Waals surface area contributed by atoms with Crippen molar-refractivity contribution in [2.45, 2.75) is 26.3 Å². The fourth-order valence-corrected chi connectivity index (χ4v) is 4.32. The molecule has 1 aliphatic heterocycles. The van der Waals surface area contributed by atoms with Crippen LogP contribution >= 0.6 is 11.3 Å². The van der Waals surface area contributed by atoms with Crippen molar-refractivity contribution in [2.75, 3.05) is 18.8 Å². The van der Waals surface area contributed by atoms with E-state index in [0.717, 1.165) is 35.8 Å². The molecule has 18 heavy (non-hydrogen) atoms. The molecule has 7 heteroatoms. The van der Waals surface area contributed by atoms with Gasteiger partial charge in [0.25, 0.3) is 0 Å². The zero-order chi connectivity index (χ0) is 13.0. The Kier molecular flexibility index (Phi) is 4.71. The Bertz CT molecular complexity index is 478. The number of piperidine rings is 1. The van der Waals surface area contributed by atoms with Crippen molar-refractivity contribution < 1.29 is 8.42 Å². The second-order valence-electron chi connectivity index (χ2n) is 4.66. The van der Waals surface area contributed by atoms with E-state index in [1.54, 1.807) is 6.20 Å². The summed E-state index contributed by atoms with van der Waals surface area (Å²) in [6.45, 7) is 4.12. The first-order chi connectivity index (χ1) is 8.55. The first kappa shape index (κ1) is 13.9. The van der Waals surface area contributed by atoms with Crippen molar-refractivity contribution in [1.82, 2.24) is 15.0 Å². The average Bonchev–Trinajstić information content (AvgIpc) is 2.74. The largest absolute Gasteiger partial charge is 0.317 e. The molecule has 0 unspecified atom stereocenters. The van der Waals surface area contributed by atoms with Crippen LogP contribution in [-0.4, -0.2) is 32.2 Å². The summed E-state index contributed by atoms with van der Waals surface area (Å²) in [4.78, 5) is 5.25. The first-order valence-electron chi connectivity index (χ1n) is 6.14. The Balaban J connectivity index is 1.83. The fourth-order valence-electron chi connectivity index (χ4n) is 2.07. The molecule has 0 aromatic carbocycles. The van der Waals surface area contributed by atoms with E-state index >= 15 is 0 Å². The molecule has 0 amide bonds. The summed E-state index contributed by atoms with van der Waals surface area (Å²) in [7, 11) is -3.18. The van der Waals surface area contributed by atoms with Gasteiger partial charge < -0.3 is 5.32 Å². The molecule has 1 saturated heterocycles. The van der Waals surface area contributed by atoms with Crippen LogP contribution < -0.4 is 10.0 Å². The van der Waals surface area contributed by atoms with Crippen molar-refractivity contribution in [1.29, 1.82) is 0 Å². The first-order valence-corrected chi connectivity index (χ1v) is 8.61. The van der Waals surface area contributed by atoms with Gasteiger partial charge in [0.2, 0.25) is 10.0 Å². The molecule has 2 rings (SSSR count). The molecule has 0 saturated carbocycles. The van der Waals surface area contributed by atoms with E-state index in [2.05, 4.69) is 15.0 Å². The summed E-state index contributed by atoms with van der Waals surface area (Å²) in [5, 5.41) is 4.06. The number of thiazole rings is 1. The lowest BCUT2D eigenvalue weighted by molar-refractivity contribution is 0.400. The number of sulfonamides is 1. The lowest BCUT2D eigenvalue weighted by Gasteiger charge is -2.22. The SMILES string of the molecule is Cc1cnc(CNS(=O)(=O)CC2CCNCC2)s1. The molecule has 5 nitrogen and oxygen atoms in total. The highest BCUT2D eigenvalue weighted by Gasteiger charge is 2.21. The number of nitrogens with one attached hydrogen (secondary N) is 2. The van der Waals surface area contributed by atoms with Crippen LogP contribution in [0.25, 0.3) is 0 Å². The molecule has 0 spiro atoms. The third kappa shape index (κ3) is 4.31. The molecule has 102 valence electrons. The Morgan fingerprint density at radius 3 is 2.83 bits per heavy atom. The van der Waals surface area contributed by atoms with Crippen LogP contribution in [0.1, 0.15) is 22.7 Å². The quantitative estimate of drug-likeness (QED) is 0.844. The van der Waals surface area contributed by atoms with Crippen LogP contribution in [0.15, 0.2) is 6.20 Å². The standard InChI is InChI=1S/C11H19N3O2S2/c1-9-6-13-11(17-9)7-14-18(15,16)8-10-2-4-12-5-3-10/h6,10,12,14H,2-5,7-8H2,1H3. The minimum atomic E-state index is -3.18. The summed E-state index contributed by atoms with van der Waals surface area (Å²) in [5.41, 5.74) is 0. The Labute approximate surface area is 112 Å². The highest BCUT2D eigenvalue weighted by molar-refractivity contribution is 7.89. The molecule has 0 radical (unpaired) electrons. The monoisotopic (exact) mass is 289 g/mol. The van der Waals surface area contributed by atoms with Gasteiger partial charge in [0.1, 0.15) is 5.01 Å². The topological polar surface area (TPSA) is 71.1 Å². The Morgan fingerprint density at radius 1 is 1.50 bits per heavy atom. The van der Waals surface area contributed by atoms with E-state index in [9.17, 15) is 8.42 Å². The number of aromatic nitrogens is 1. The summed E-state index contributed by atoms with van der Waals surface area (Å²) >= 11 is 1.53. The smallest absolute Gasteiger partial charge is 0.212 e. The summed E-state index contributed by atoms with van der Waals surface area (Å²) in [6, 6.07) is 0. The van der Waals surface area contributed by atoms with Crippen LogP contribution in [0.2, 0.25) is 0 Å². The van der Waals surface area contributed by atoms with Gasteiger partial charge in [0.05, 0.1) is 12.3 Å². The Hall–Kier alpha value is -0.500. The molecular formula is C11H19N3O2S2. The maximum atomic E-state index is 11.9. The summed E-state index contributed by atoms with van der Waals surface area (Å²) in [5.74, 6) is 0.515. The summed E-state index contributed by atoms with van der Waals surface area (Å²) in [6.07, 6.45) is 3.65. The molecule has 2 heterocycles. The molecular weight excluding hydrogens is 270 g/mol. The van der Waals surface area contributed by atoms with E-state index in [1.807, 2.05) is 6.92 Å². The van der Waals surface area contributed by atoms with E-state index in [4.69, 9.17) is 0 Å². The zero-order valence-electron chi connectivity index (χ0n) is 10.5. The van der Waals surface area contributed by atoms with E-state index in [-0.39, 0.29) is 11.7 Å². The van der Waals surface area contributed by atoms with Crippen molar-refractivity contribution in [3.05, 3.63) is 16.1 Å². The maximum absolute atomic E-state index is 11.9. The van der Waals surface area contributed by atoms with Crippen LogP contribution in [0, 0.1) is 12.8 Å². The minimum Gasteiger partial charge on any atom is -0.317 e. The number of nitrogens with zero attached hydrogens (tertiary/aromatic N) is 1. The van der Waals surface area contributed by atoms with E-state index in [0.29, 0.717) is 6.54 Å². The Morgan fingerprint density at radius 2 is 2.22 bits per heavy atom. The van der Waals surface area contributed by atoms with Crippen molar-refractivity contribution in [3.8, 4) is 0 Å². The normalized spacial score (nSPS) is 18.1. The minimum absolute atomic E-state index is 0.235. The molecule has 1 aromatic rings. The molecule has 1 fully saturated rings. The molecule has 1 aromatic heterocycles. The van der Waals surface area contributed by atoms with Crippen molar-refractivity contribution >= 4 is 21.4 Å². The third-order valence-corrected chi connectivity index (χ3v) is 5.43. The van der Waals surface area contributed by atoms with Crippen LogP contribution in [0.4, 0.5) is 0 Å². The van der Waals surface area contributed by atoms with Gasteiger partial charge in [0.15, 0.2) is 0 Å². The fraction of sp³-hybridized carbons (Fsp3) is 0.727. The lowest BCUT2D eigenvalue weighted by atomic mass is 10.0. The molecule has 0 bridgehead atoms. The van der Waals surface area contributed by atoms with Crippen LogP contribution in [0.5, 0.6) is 0 Å². The van der Waals surface area contributed by atoms with Crippen molar-refractivity contribution in [3.63, 3.8) is 0 Å². The summed E-state index contributed by atoms with van der Waals surface area (Å²) < 4.78 is 26.5. The highest BCUT2D eigenvalue weighted by Crippen LogP contribution is 2.15. The van der Waals surface area contributed by atoms with Gasteiger partial charge >= 0.3 is 0 Å². The zero-order valence-corrected chi connectivity index (χ0v) is 12.1. The van der Waals surface area contributed by atoms with Crippen LogP contribution in [-0.2, 0) is 16.6 Å². The van der Waals surface area contributed by atoms with Crippen LogP contribution in [0.3, 0.4) is 0 Å². The number of hydrogen-bond acceptors (Lipinski definition) is 5. The van der Waals surface area contributed by atoms with Gasteiger partial charge in [-0.2, -0.15) is 0 Å². The average molecular weight is 289 g/mol. The van der Waals surface area contributed by atoms with Gasteiger partial charge in [-0.1, -0.05) is 0 Å². The number of rotatable bonds is 5. The van der Waals surface area contributed by atoms with E-state index in [1.165, 1.54) is 11.3 Å². The molecule has 2 N–H and O–H groups in total. The second kappa shape index (κ2) is 6.10. The second-order valence-corrected chi connectivity index (χ2v) is 7.83. The number of hydrogen-bond donors (Lipinski definition) is 2. The van der Waals surface area contributed by atoms with Gasteiger partial charge in [-0.3, -0.25) is 0 Å². The highest BCUT2D eigenvalue weighted by atomic mass is 32.2. The van der Waals surface area contributed by atoms with Gasteiger partial charge in [0, 0.05) is 11.1 Å². The number of aryl methyl sites for hydroxylation is 1. The van der Waals surface area contributed by atoms with Gasteiger partial charge in [-0.25, -0.2) is 18.1 Å². The van der Waals surface area contributed by atoms with Gasteiger partial charge in [-0.15, -0.1) is 11.3 Å². The van der Waals surface area contributed by atoms with Crippen molar-refractivity contribution in [2.24, 2.45) is 5.92 Å². The predicted octanol–water partition coefficient (Wildman–Crippen LogP) is 0.871. The van der Waals surface area contributed by atoms with E-state index < -0.39 is 10.0 Å². The predicted molar refractivity (Wildman–Crippen MR) is 73.1 cm³/mol. The lowest BCUT2D eigenvalue weighted by Crippen LogP contribution is -2.35. The van der Waals surface area contributed by atoms with Gasteiger partial charge in [-0.05, 0) is 38.8 Å².